The summed E-state index contributed by atoms with van der Waals surface area (Å²) in [4.78, 5) is 8.06. The molecule has 1 aliphatic rings. The zero-order valence-electron chi connectivity index (χ0n) is 12.6. The first kappa shape index (κ1) is 18.9. The van der Waals surface area contributed by atoms with Crippen molar-refractivity contribution in [2.24, 2.45) is 15.1 Å². The molecule has 0 radical (unpaired) electrons. The van der Waals surface area contributed by atoms with E-state index in [9.17, 15) is 21.8 Å². The third-order valence-electron chi connectivity index (χ3n) is 3.35. The normalized spacial score (nSPS) is 27.8. The Morgan fingerprint density at radius 1 is 1.50 bits per heavy atom. The fourth-order valence-electron chi connectivity index (χ4n) is 2.19. The molecule has 2 heterocycles. The predicted octanol–water partition coefficient (Wildman–Crippen LogP) is 2.40. The van der Waals surface area contributed by atoms with Crippen LogP contribution in [0.15, 0.2) is 26.1 Å². The highest BCUT2D eigenvalue weighted by Gasteiger charge is 2.42. The molecular formula is C12H14BrF4N5OS. The second-order valence-electron chi connectivity index (χ2n) is 5.36. The van der Waals surface area contributed by atoms with Crippen LogP contribution in [0.1, 0.15) is 12.6 Å². The van der Waals surface area contributed by atoms with E-state index in [0.29, 0.717) is 4.60 Å². The van der Waals surface area contributed by atoms with Crippen LogP contribution in [0.4, 0.5) is 17.6 Å². The lowest BCUT2D eigenvalue weighted by molar-refractivity contribution is -0.117. The van der Waals surface area contributed by atoms with Crippen molar-refractivity contribution in [2.45, 2.75) is 18.6 Å². The van der Waals surface area contributed by atoms with Crippen molar-refractivity contribution in [2.75, 3.05) is 19.3 Å². The molecule has 2 N–H and O–H groups in total. The number of aliphatic imine (C=N–C) groups is 1. The molecule has 0 aromatic carbocycles. The molecule has 0 fully saturated rings. The van der Waals surface area contributed by atoms with Gasteiger partial charge < -0.3 is 5.73 Å². The summed E-state index contributed by atoms with van der Waals surface area (Å²) < 4.78 is 68.9. The summed E-state index contributed by atoms with van der Waals surface area (Å²) in [6.07, 6.45) is -4.62. The molecule has 6 nitrogen and oxygen atoms in total. The van der Waals surface area contributed by atoms with Gasteiger partial charge in [-0.25, -0.2) is 22.9 Å². The SMILES string of the molecule is CN1C(N)=N[C@](C)(c2nc(Br)ccc2F)CS1(=O)=NCC(F)(F)F. The smallest absolute Gasteiger partial charge is 0.369 e. The van der Waals surface area contributed by atoms with Crippen molar-refractivity contribution >= 4 is 31.8 Å². The van der Waals surface area contributed by atoms with Crippen LogP contribution in [-0.4, -0.2) is 45.0 Å². The molecule has 0 saturated heterocycles. The van der Waals surface area contributed by atoms with E-state index in [1.807, 2.05) is 0 Å². The number of aromatic nitrogens is 1. The topological polar surface area (TPSA) is 83.9 Å². The monoisotopic (exact) mass is 431 g/mol. The van der Waals surface area contributed by atoms with Gasteiger partial charge in [0.15, 0.2) is 0 Å². The van der Waals surface area contributed by atoms with Gasteiger partial charge >= 0.3 is 6.18 Å². The van der Waals surface area contributed by atoms with Gasteiger partial charge in [-0.3, -0.25) is 4.31 Å². The van der Waals surface area contributed by atoms with Gasteiger partial charge in [0, 0.05) is 7.05 Å². The van der Waals surface area contributed by atoms with Crippen LogP contribution in [0.25, 0.3) is 0 Å². The molecule has 2 atom stereocenters. The van der Waals surface area contributed by atoms with Gasteiger partial charge in [-0.15, -0.1) is 0 Å². The maximum absolute atomic E-state index is 14.1. The minimum Gasteiger partial charge on any atom is -0.369 e. The zero-order chi connectivity index (χ0) is 18.3. The Morgan fingerprint density at radius 3 is 2.71 bits per heavy atom. The highest BCUT2D eigenvalue weighted by molar-refractivity contribution is 9.10. The molecule has 2 rings (SSSR count). The summed E-state index contributed by atoms with van der Waals surface area (Å²) >= 11 is 3.09. The van der Waals surface area contributed by atoms with Crippen LogP contribution in [0.5, 0.6) is 0 Å². The van der Waals surface area contributed by atoms with Crippen LogP contribution < -0.4 is 5.73 Å². The molecule has 0 saturated carbocycles. The summed E-state index contributed by atoms with van der Waals surface area (Å²) in [5, 5.41) is 0. The quantitative estimate of drug-likeness (QED) is 0.576. The fraction of sp³-hybridized carbons (Fsp3) is 0.500. The summed E-state index contributed by atoms with van der Waals surface area (Å²) in [5.41, 5.74) is 3.99. The minimum absolute atomic E-state index is 0.178. The molecule has 12 heteroatoms. The lowest BCUT2D eigenvalue weighted by Gasteiger charge is -2.36. The Balaban J connectivity index is 2.58. The zero-order valence-corrected chi connectivity index (χ0v) is 15.0. The molecular weight excluding hydrogens is 418 g/mol. The van der Waals surface area contributed by atoms with Gasteiger partial charge in [0.25, 0.3) is 0 Å². The number of guanidine groups is 1. The Hall–Kier alpha value is -1.43. The van der Waals surface area contributed by atoms with E-state index < -0.39 is 39.7 Å². The molecule has 0 spiro atoms. The summed E-state index contributed by atoms with van der Waals surface area (Å²) in [6, 6.07) is 2.48. The van der Waals surface area contributed by atoms with Crippen LogP contribution in [0, 0.1) is 5.82 Å². The van der Waals surface area contributed by atoms with Crippen molar-refractivity contribution in [3.8, 4) is 0 Å². The Kier molecular flexibility index (Phi) is 4.83. The van der Waals surface area contributed by atoms with Crippen LogP contribution in [-0.2, 0) is 15.5 Å². The van der Waals surface area contributed by atoms with E-state index >= 15 is 0 Å². The summed E-state index contributed by atoms with van der Waals surface area (Å²) in [7, 11) is -2.35. The van der Waals surface area contributed by atoms with Crippen LogP contribution in [0.2, 0.25) is 0 Å². The number of alkyl halides is 3. The largest absolute Gasteiger partial charge is 0.408 e. The van der Waals surface area contributed by atoms with Gasteiger partial charge in [0.1, 0.15) is 38.1 Å². The summed E-state index contributed by atoms with van der Waals surface area (Å²) in [6.45, 7) is -0.207. The standard InChI is InChI=1S/C12H14BrF4N5OS/c1-11(9-7(14)3-4-8(13)20-9)6-24(23,19-5-12(15,16)17)22(2)10(18)21-11/h3-4H,5-6H2,1-2H3,(H2,18,21)/t11-,24?/m0/s1. The molecule has 0 bridgehead atoms. The minimum atomic E-state index is -4.62. The average Bonchev–Trinajstić information content (AvgIpc) is 2.45. The van der Waals surface area contributed by atoms with E-state index in [1.165, 1.54) is 20.0 Å². The molecule has 0 aliphatic carbocycles. The Morgan fingerprint density at radius 2 is 2.12 bits per heavy atom. The highest BCUT2D eigenvalue weighted by Crippen LogP contribution is 2.34. The molecule has 1 aromatic heterocycles. The first-order valence-electron chi connectivity index (χ1n) is 6.55. The Labute approximate surface area is 144 Å². The number of hydrogen-bond acceptors (Lipinski definition) is 5. The number of pyridine rings is 1. The summed E-state index contributed by atoms with van der Waals surface area (Å²) in [5.74, 6) is -1.52. The van der Waals surface area contributed by atoms with Gasteiger partial charge in [-0.2, -0.15) is 13.2 Å². The molecule has 1 aliphatic heterocycles. The lowest BCUT2D eigenvalue weighted by atomic mass is 10.00. The third-order valence-corrected chi connectivity index (χ3v) is 6.30. The Bertz CT molecular complexity index is 805. The van der Waals surface area contributed by atoms with Gasteiger partial charge in [0.2, 0.25) is 5.96 Å². The van der Waals surface area contributed by atoms with Crippen molar-refractivity contribution in [1.82, 2.24) is 9.29 Å². The van der Waals surface area contributed by atoms with Crippen LogP contribution >= 0.6 is 15.9 Å². The lowest BCUT2D eigenvalue weighted by Crippen LogP contribution is -2.51. The van der Waals surface area contributed by atoms with Gasteiger partial charge in [-0.05, 0) is 35.0 Å². The number of nitrogens with zero attached hydrogens (tertiary/aromatic N) is 4. The highest BCUT2D eigenvalue weighted by atomic mass is 79.9. The molecule has 1 unspecified atom stereocenters. The molecule has 1 aromatic rings. The van der Waals surface area contributed by atoms with E-state index in [2.05, 4.69) is 30.3 Å². The number of rotatable bonds is 2. The van der Waals surface area contributed by atoms with E-state index in [0.717, 1.165) is 10.4 Å². The molecule has 134 valence electrons. The van der Waals surface area contributed by atoms with Gasteiger partial charge in [-0.1, -0.05) is 0 Å². The second kappa shape index (κ2) is 6.14. The second-order valence-corrected chi connectivity index (χ2v) is 8.48. The third kappa shape index (κ3) is 3.79. The van der Waals surface area contributed by atoms with E-state index in [-0.39, 0.29) is 11.7 Å². The van der Waals surface area contributed by atoms with Crippen molar-refractivity contribution in [3.63, 3.8) is 0 Å². The average molecular weight is 432 g/mol. The van der Waals surface area contributed by atoms with E-state index in [4.69, 9.17) is 5.73 Å². The first-order valence-corrected chi connectivity index (χ1v) is 8.99. The fourth-order valence-corrected chi connectivity index (χ4v) is 4.57. The van der Waals surface area contributed by atoms with Gasteiger partial charge in [0.05, 0.1) is 5.75 Å². The van der Waals surface area contributed by atoms with E-state index in [1.54, 1.807) is 0 Å². The van der Waals surface area contributed by atoms with Crippen LogP contribution in [0.3, 0.4) is 0 Å². The molecule has 0 amide bonds. The maximum Gasteiger partial charge on any atom is 0.408 e. The number of halogens is 5. The van der Waals surface area contributed by atoms with Crippen molar-refractivity contribution in [1.29, 1.82) is 0 Å². The predicted molar refractivity (Wildman–Crippen MR) is 85.0 cm³/mol. The molecule has 24 heavy (non-hydrogen) atoms. The van der Waals surface area contributed by atoms with Crippen molar-refractivity contribution < 1.29 is 21.8 Å². The van der Waals surface area contributed by atoms with Crippen molar-refractivity contribution in [3.05, 3.63) is 28.2 Å². The first-order chi connectivity index (χ1) is 10.9. The maximum atomic E-state index is 14.1. The number of nitrogens with two attached hydrogens (primary N) is 1. The number of hydrogen-bond donors (Lipinski definition) is 1.